The van der Waals surface area contributed by atoms with Crippen LogP contribution in [0.2, 0.25) is 0 Å². The number of primary amides is 1. The van der Waals surface area contributed by atoms with Crippen molar-refractivity contribution in [3.63, 3.8) is 0 Å². The minimum Gasteiger partial charge on any atom is -0.368 e. The van der Waals surface area contributed by atoms with E-state index in [-0.39, 0.29) is 25.2 Å². The first-order chi connectivity index (χ1) is 12.8. The van der Waals surface area contributed by atoms with Gasteiger partial charge in [-0.05, 0) is 17.2 Å². The maximum absolute atomic E-state index is 12.8. The molecule has 0 radical (unpaired) electrons. The van der Waals surface area contributed by atoms with Crippen molar-refractivity contribution < 1.29 is 27.5 Å². The third kappa shape index (κ3) is 6.74. The Balaban J connectivity index is 1.91. The van der Waals surface area contributed by atoms with E-state index in [0.29, 0.717) is 0 Å². The maximum Gasteiger partial charge on any atom is 0.416 e. The Labute approximate surface area is 154 Å². The zero-order valence-electron chi connectivity index (χ0n) is 14.3. The van der Waals surface area contributed by atoms with Crippen molar-refractivity contribution in [2.75, 3.05) is 6.61 Å². The maximum atomic E-state index is 12.8. The lowest BCUT2D eigenvalue weighted by Crippen LogP contribution is -2.47. The summed E-state index contributed by atoms with van der Waals surface area (Å²) in [6, 6.07) is 12.6. The normalized spacial score (nSPS) is 12.4. The number of nitrogens with two attached hydrogens (primary N) is 1. The van der Waals surface area contributed by atoms with Gasteiger partial charge in [0.15, 0.2) is 0 Å². The molecule has 2 amide bonds. The summed E-state index contributed by atoms with van der Waals surface area (Å²) in [6.07, 6.45) is -4.64. The number of halogens is 3. The van der Waals surface area contributed by atoms with E-state index < -0.39 is 29.6 Å². The van der Waals surface area contributed by atoms with Gasteiger partial charge in [0.05, 0.1) is 12.2 Å². The summed E-state index contributed by atoms with van der Waals surface area (Å²) in [6.45, 7) is -0.0929. The molecule has 0 fully saturated rings. The summed E-state index contributed by atoms with van der Waals surface area (Å²) in [7, 11) is 0. The Morgan fingerprint density at radius 2 is 1.70 bits per heavy atom. The van der Waals surface area contributed by atoms with Crippen LogP contribution in [0.4, 0.5) is 13.2 Å². The van der Waals surface area contributed by atoms with Crippen molar-refractivity contribution in [3.8, 4) is 0 Å². The Bertz CT molecular complexity index is 779. The number of benzene rings is 2. The second-order valence-electron chi connectivity index (χ2n) is 5.90. The Morgan fingerprint density at radius 3 is 2.33 bits per heavy atom. The molecule has 0 bridgehead atoms. The number of hydrogen-bond donors (Lipinski definition) is 2. The predicted molar refractivity (Wildman–Crippen MR) is 92.4 cm³/mol. The molecule has 2 rings (SSSR count). The molecule has 0 saturated heterocycles. The number of carbonyl (C=O) groups excluding carboxylic acids is 2. The molecular weight excluding hydrogens is 361 g/mol. The number of hydrogen-bond acceptors (Lipinski definition) is 3. The molecule has 0 heterocycles. The molecule has 2 aromatic carbocycles. The number of amides is 2. The van der Waals surface area contributed by atoms with Crippen LogP contribution < -0.4 is 11.1 Å². The lowest BCUT2D eigenvalue weighted by atomic mass is 10.0. The minimum absolute atomic E-state index is 0.149. The average Bonchev–Trinajstić information content (AvgIpc) is 2.61. The highest BCUT2D eigenvalue weighted by Crippen LogP contribution is 2.29. The lowest BCUT2D eigenvalue weighted by molar-refractivity contribution is -0.137. The Kier molecular flexibility index (Phi) is 6.95. The smallest absolute Gasteiger partial charge is 0.368 e. The van der Waals surface area contributed by atoms with Crippen LogP contribution >= 0.6 is 0 Å². The van der Waals surface area contributed by atoms with Gasteiger partial charge in [0, 0.05) is 6.42 Å². The van der Waals surface area contributed by atoms with Crippen LogP contribution in [0.25, 0.3) is 0 Å². The van der Waals surface area contributed by atoms with Crippen LogP contribution in [0.3, 0.4) is 0 Å². The summed E-state index contributed by atoms with van der Waals surface area (Å²) >= 11 is 0. The summed E-state index contributed by atoms with van der Waals surface area (Å²) in [5, 5.41) is 2.39. The van der Waals surface area contributed by atoms with E-state index >= 15 is 0 Å². The molecule has 5 nitrogen and oxygen atoms in total. The van der Waals surface area contributed by atoms with Gasteiger partial charge in [-0.25, -0.2) is 0 Å². The van der Waals surface area contributed by atoms with Gasteiger partial charge in [0.25, 0.3) is 0 Å². The largest absolute Gasteiger partial charge is 0.416 e. The highest BCUT2D eigenvalue weighted by atomic mass is 19.4. The molecule has 2 aromatic rings. The van der Waals surface area contributed by atoms with Crippen LogP contribution in [0, 0.1) is 0 Å². The van der Waals surface area contributed by atoms with Crippen LogP contribution in [0.5, 0.6) is 0 Å². The highest BCUT2D eigenvalue weighted by molar-refractivity contribution is 5.87. The molecule has 0 unspecified atom stereocenters. The van der Waals surface area contributed by atoms with Crippen LogP contribution in [0.15, 0.2) is 54.6 Å². The van der Waals surface area contributed by atoms with E-state index in [4.69, 9.17) is 10.5 Å². The molecule has 0 aliphatic heterocycles. The van der Waals surface area contributed by atoms with Crippen LogP contribution in [-0.2, 0) is 33.5 Å². The summed E-state index contributed by atoms with van der Waals surface area (Å²) < 4.78 is 43.6. The molecule has 0 aromatic heterocycles. The molecule has 0 spiro atoms. The zero-order chi connectivity index (χ0) is 19.9. The fraction of sp³-hybridized carbons (Fsp3) is 0.263. The van der Waals surface area contributed by atoms with Crippen molar-refractivity contribution in [3.05, 3.63) is 71.3 Å². The highest BCUT2D eigenvalue weighted by Gasteiger charge is 2.30. The van der Waals surface area contributed by atoms with Crippen molar-refractivity contribution in [1.29, 1.82) is 0 Å². The third-order valence-corrected chi connectivity index (χ3v) is 3.72. The van der Waals surface area contributed by atoms with E-state index in [1.165, 1.54) is 12.1 Å². The number of nitrogens with one attached hydrogen (secondary N) is 1. The Hall–Kier alpha value is -2.87. The summed E-state index contributed by atoms with van der Waals surface area (Å²) in [4.78, 5) is 23.5. The van der Waals surface area contributed by atoms with Gasteiger partial charge in [0.1, 0.15) is 12.6 Å². The number of ether oxygens (including phenoxy) is 1. The molecule has 8 heteroatoms. The second-order valence-corrected chi connectivity index (χ2v) is 5.90. The average molecular weight is 380 g/mol. The van der Waals surface area contributed by atoms with E-state index in [1.807, 2.05) is 30.3 Å². The van der Waals surface area contributed by atoms with Crippen molar-refractivity contribution in [2.45, 2.75) is 25.2 Å². The van der Waals surface area contributed by atoms with Gasteiger partial charge in [-0.3, -0.25) is 9.59 Å². The molecule has 27 heavy (non-hydrogen) atoms. The lowest BCUT2D eigenvalue weighted by Gasteiger charge is -2.16. The van der Waals surface area contributed by atoms with E-state index in [1.54, 1.807) is 0 Å². The van der Waals surface area contributed by atoms with Crippen LogP contribution in [0.1, 0.15) is 16.7 Å². The van der Waals surface area contributed by atoms with Crippen molar-refractivity contribution >= 4 is 11.8 Å². The first kappa shape index (κ1) is 20.4. The number of rotatable bonds is 8. The van der Waals surface area contributed by atoms with E-state index in [9.17, 15) is 22.8 Å². The van der Waals surface area contributed by atoms with Gasteiger partial charge in [0.2, 0.25) is 11.8 Å². The predicted octanol–water partition coefficient (Wildman–Crippen LogP) is 2.43. The number of alkyl halides is 3. The molecule has 3 N–H and O–H groups in total. The third-order valence-electron chi connectivity index (χ3n) is 3.72. The monoisotopic (exact) mass is 380 g/mol. The van der Waals surface area contributed by atoms with Gasteiger partial charge >= 0.3 is 6.18 Å². The van der Waals surface area contributed by atoms with Crippen molar-refractivity contribution in [2.24, 2.45) is 5.73 Å². The van der Waals surface area contributed by atoms with Crippen molar-refractivity contribution in [1.82, 2.24) is 5.32 Å². The SMILES string of the molecule is NC(=O)[C@@H](Cc1cccc(C(F)(F)F)c1)NC(=O)COCc1ccccc1. The molecule has 1 atom stereocenters. The molecule has 0 saturated carbocycles. The molecular formula is C19H19F3N2O3. The van der Waals surface area contributed by atoms with E-state index in [0.717, 1.165) is 17.7 Å². The van der Waals surface area contributed by atoms with Crippen LogP contribution in [-0.4, -0.2) is 24.5 Å². The fourth-order valence-corrected chi connectivity index (χ4v) is 2.40. The zero-order valence-corrected chi connectivity index (χ0v) is 14.3. The van der Waals surface area contributed by atoms with Gasteiger partial charge in [-0.15, -0.1) is 0 Å². The number of carbonyl (C=O) groups is 2. The fourth-order valence-electron chi connectivity index (χ4n) is 2.40. The first-order valence-corrected chi connectivity index (χ1v) is 8.12. The quantitative estimate of drug-likeness (QED) is 0.738. The van der Waals surface area contributed by atoms with Gasteiger partial charge < -0.3 is 15.8 Å². The molecule has 0 aliphatic carbocycles. The topological polar surface area (TPSA) is 81.4 Å². The standard InChI is InChI=1S/C19H19F3N2O3/c20-19(21,22)15-8-4-7-14(9-15)10-16(18(23)26)24-17(25)12-27-11-13-5-2-1-3-6-13/h1-9,16H,10-12H2,(H2,23,26)(H,24,25)/t16-/m1/s1. The summed E-state index contributed by atoms with van der Waals surface area (Å²) in [5.41, 5.74) is 5.54. The second kappa shape index (κ2) is 9.18. The minimum atomic E-state index is -4.49. The molecule has 144 valence electrons. The van der Waals surface area contributed by atoms with Gasteiger partial charge in [-0.1, -0.05) is 48.5 Å². The first-order valence-electron chi connectivity index (χ1n) is 8.12. The molecule has 0 aliphatic rings. The van der Waals surface area contributed by atoms with Gasteiger partial charge in [-0.2, -0.15) is 13.2 Å². The van der Waals surface area contributed by atoms with E-state index in [2.05, 4.69) is 5.32 Å². The Morgan fingerprint density at radius 1 is 1.04 bits per heavy atom. The summed E-state index contributed by atoms with van der Waals surface area (Å²) in [5.74, 6) is -1.43.